The molecule has 0 aliphatic heterocycles. The Hall–Kier alpha value is -1.84. The fraction of sp³-hybridized carbons (Fsp3) is 0.429. The van der Waals surface area contributed by atoms with Gasteiger partial charge in [-0.05, 0) is 37.0 Å². The monoisotopic (exact) mass is 247 g/mol. The van der Waals surface area contributed by atoms with Gasteiger partial charge in [0.1, 0.15) is 5.82 Å². The molecule has 0 aromatic carbocycles. The molecule has 0 fully saturated rings. The topological polar surface area (TPSA) is 54.0 Å². The van der Waals surface area contributed by atoms with Crippen molar-refractivity contribution in [3.8, 4) is 0 Å². The van der Waals surface area contributed by atoms with Gasteiger partial charge in [0.2, 0.25) is 0 Å². The lowest BCUT2D eigenvalue weighted by Crippen LogP contribution is -2.25. The maximum Gasteiger partial charge on any atom is 0.324 e. The average Bonchev–Trinajstić information content (AvgIpc) is 2.24. The number of urea groups is 1. The number of aromatic nitrogens is 1. The van der Waals surface area contributed by atoms with Gasteiger partial charge in [-0.3, -0.25) is 5.32 Å². The number of hydrogen-bond acceptors (Lipinski definition) is 2. The van der Waals surface area contributed by atoms with Crippen LogP contribution in [0.25, 0.3) is 0 Å². The highest BCUT2D eigenvalue weighted by Crippen LogP contribution is 2.23. The van der Waals surface area contributed by atoms with Crippen LogP contribution in [0.5, 0.6) is 0 Å². The van der Waals surface area contributed by atoms with Gasteiger partial charge in [0, 0.05) is 12.4 Å². The van der Waals surface area contributed by atoms with Crippen LogP contribution in [0.2, 0.25) is 0 Å². The van der Waals surface area contributed by atoms with Gasteiger partial charge >= 0.3 is 6.03 Å². The number of nitrogens with zero attached hydrogens (tertiary/aromatic N) is 1. The number of aryl methyl sites for hydroxylation is 1. The average molecular weight is 247 g/mol. The maximum atomic E-state index is 11.6. The molecule has 0 spiro atoms. The lowest BCUT2D eigenvalue weighted by atomic mass is 9.88. The van der Waals surface area contributed by atoms with Crippen molar-refractivity contribution in [2.24, 2.45) is 5.41 Å². The van der Waals surface area contributed by atoms with E-state index in [0.29, 0.717) is 5.82 Å². The largest absolute Gasteiger partial charge is 0.324 e. The molecule has 0 saturated carbocycles. The number of rotatable bonds is 2. The maximum absolute atomic E-state index is 11.6. The molecule has 2 N–H and O–H groups in total. The van der Waals surface area contributed by atoms with E-state index >= 15 is 0 Å². The zero-order valence-corrected chi connectivity index (χ0v) is 11.7. The summed E-state index contributed by atoms with van der Waals surface area (Å²) >= 11 is 0. The predicted molar refractivity (Wildman–Crippen MR) is 74.3 cm³/mol. The summed E-state index contributed by atoms with van der Waals surface area (Å²) in [6, 6.07) is 3.42. The molecule has 0 aliphatic rings. The summed E-state index contributed by atoms with van der Waals surface area (Å²) in [6.07, 6.45) is 3.40. The van der Waals surface area contributed by atoms with Crippen LogP contribution in [0.4, 0.5) is 10.6 Å². The Kier molecular flexibility index (Phi) is 4.48. The first kappa shape index (κ1) is 14.2. The van der Waals surface area contributed by atoms with Gasteiger partial charge < -0.3 is 5.32 Å². The molecule has 4 heteroatoms. The highest BCUT2D eigenvalue weighted by Gasteiger charge is 2.12. The Balaban J connectivity index is 2.58. The summed E-state index contributed by atoms with van der Waals surface area (Å²) in [7, 11) is 0. The minimum atomic E-state index is -0.281. The van der Waals surface area contributed by atoms with E-state index in [2.05, 4.69) is 36.4 Å². The van der Waals surface area contributed by atoms with E-state index < -0.39 is 0 Å². The van der Waals surface area contributed by atoms with E-state index in [4.69, 9.17) is 0 Å². The summed E-state index contributed by atoms with van der Waals surface area (Å²) in [4.78, 5) is 15.7. The molecule has 0 atom stereocenters. The highest BCUT2D eigenvalue weighted by molar-refractivity contribution is 5.88. The van der Waals surface area contributed by atoms with Crippen LogP contribution >= 0.6 is 0 Å². The molecular weight excluding hydrogens is 226 g/mol. The Bertz CT molecular complexity index is 458. The van der Waals surface area contributed by atoms with E-state index in [9.17, 15) is 4.79 Å². The van der Waals surface area contributed by atoms with Crippen LogP contribution in [-0.2, 0) is 0 Å². The Morgan fingerprint density at radius 2 is 2.06 bits per heavy atom. The molecular formula is C14H21N3O. The predicted octanol–water partition coefficient (Wildman–Crippen LogP) is 3.46. The molecule has 1 aromatic heterocycles. The zero-order chi connectivity index (χ0) is 13.8. The fourth-order valence-electron chi connectivity index (χ4n) is 1.15. The van der Waals surface area contributed by atoms with E-state index in [1.807, 2.05) is 26.0 Å². The first-order valence-corrected chi connectivity index (χ1v) is 5.96. The van der Waals surface area contributed by atoms with Crippen molar-refractivity contribution < 1.29 is 4.79 Å². The normalized spacial score (nSPS) is 12.2. The van der Waals surface area contributed by atoms with Gasteiger partial charge in [0.05, 0.1) is 0 Å². The summed E-state index contributed by atoms with van der Waals surface area (Å²) in [5.41, 5.74) is 2.21. The third-order valence-electron chi connectivity index (χ3n) is 2.76. The van der Waals surface area contributed by atoms with Crippen LogP contribution in [-0.4, -0.2) is 11.0 Å². The third-order valence-corrected chi connectivity index (χ3v) is 2.76. The Morgan fingerprint density at radius 3 is 2.61 bits per heavy atom. The zero-order valence-electron chi connectivity index (χ0n) is 11.7. The molecule has 0 aliphatic carbocycles. The summed E-state index contributed by atoms with van der Waals surface area (Å²) in [5, 5.41) is 5.39. The van der Waals surface area contributed by atoms with Crippen molar-refractivity contribution in [2.45, 2.75) is 34.6 Å². The SMILES string of the molecule is C/C(=C\NC(=O)Nc1cc(C)ccn1)C(C)(C)C. The molecule has 2 amide bonds. The van der Waals surface area contributed by atoms with Gasteiger partial charge in [-0.2, -0.15) is 0 Å². The lowest BCUT2D eigenvalue weighted by Gasteiger charge is -2.19. The van der Waals surface area contributed by atoms with Gasteiger partial charge in [0.15, 0.2) is 0 Å². The van der Waals surface area contributed by atoms with Crippen molar-refractivity contribution in [2.75, 3.05) is 5.32 Å². The second kappa shape index (κ2) is 5.67. The lowest BCUT2D eigenvalue weighted by molar-refractivity contribution is 0.255. The van der Waals surface area contributed by atoms with E-state index in [0.717, 1.165) is 11.1 Å². The minimum Gasteiger partial charge on any atom is -0.314 e. The molecule has 1 rings (SSSR count). The van der Waals surface area contributed by atoms with Gasteiger partial charge in [-0.15, -0.1) is 0 Å². The summed E-state index contributed by atoms with van der Waals surface area (Å²) in [6.45, 7) is 10.2. The van der Waals surface area contributed by atoms with Crippen LogP contribution in [0.15, 0.2) is 30.1 Å². The van der Waals surface area contributed by atoms with Gasteiger partial charge in [-0.1, -0.05) is 26.3 Å². The van der Waals surface area contributed by atoms with E-state index in [-0.39, 0.29) is 11.4 Å². The number of allylic oxidation sites excluding steroid dienone is 1. The first-order valence-electron chi connectivity index (χ1n) is 5.96. The Morgan fingerprint density at radius 1 is 1.39 bits per heavy atom. The number of anilines is 1. The van der Waals surface area contributed by atoms with Crippen LogP contribution in [0, 0.1) is 12.3 Å². The molecule has 98 valence electrons. The van der Waals surface area contributed by atoms with Crippen molar-refractivity contribution in [3.63, 3.8) is 0 Å². The van der Waals surface area contributed by atoms with E-state index in [1.165, 1.54) is 0 Å². The molecule has 0 bridgehead atoms. The third kappa shape index (κ3) is 4.57. The van der Waals surface area contributed by atoms with E-state index in [1.54, 1.807) is 12.4 Å². The number of carbonyl (C=O) groups is 1. The molecule has 1 heterocycles. The van der Waals surface area contributed by atoms with Gasteiger partial charge in [-0.25, -0.2) is 9.78 Å². The molecule has 1 aromatic rings. The number of amides is 2. The fourth-order valence-corrected chi connectivity index (χ4v) is 1.15. The molecule has 0 radical (unpaired) electrons. The first-order chi connectivity index (χ1) is 8.29. The number of hydrogen-bond donors (Lipinski definition) is 2. The second-order valence-corrected chi connectivity index (χ2v) is 5.39. The standard InChI is InChI=1S/C14H21N3O/c1-10-6-7-15-12(8-10)17-13(18)16-9-11(2)14(3,4)5/h6-9H,1-5H3,(H2,15,16,17,18)/b11-9+. The summed E-state index contributed by atoms with van der Waals surface area (Å²) < 4.78 is 0. The number of nitrogens with one attached hydrogen (secondary N) is 2. The number of carbonyl (C=O) groups excluding carboxylic acids is 1. The van der Waals surface area contributed by atoms with Crippen LogP contribution in [0.3, 0.4) is 0 Å². The smallest absolute Gasteiger partial charge is 0.314 e. The van der Waals surface area contributed by atoms with Crippen LogP contribution < -0.4 is 10.6 Å². The van der Waals surface area contributed by atoms with Gasteiger partial charge in [0.25, 0.3) is 0 Å². The molecule has 0 saturated heterocycles. The van der Waals surface area contributed by atoms with Crippen molar-refractivity contribution in [1.29, 1.82) is 0 Å². The molecule has 0 unspecified atom stereocenters. The minimum absolute atomic E-state index is 0.0505. The van der Waals surface area contributed by atoms with Crippen molar-refractivity contribution in [1.82, 2.24) is 10.3 Å². The van der Waals surface area contributed by atoms with Crippen LogP contribution in [0.1, 0.15) is 33.3 Å². The molecule has 4 nitrogen and oxygen atoms in total. The number of pyridine rings is 1. The van der Waals surface area contributed by atoms with Crippen molar-refractivity contribution >= 4 is 11.8 Å². The molecule has 18 heavy (non-hydrogen) atoms. The Labute approximate surface area is 109 Å². The second-order valence-electron chi connectivity index (χ2n) is 5.39. The van der Waals surface area contributed by atoms with Crippen molar-refractivity contribution in [3.05, 3.63) is 35.7 Å². The summed E-state index contributed by atoms with van der Waals surface area (Å²) in [5.74, 6) is 0.550. The highest BCUT2D eigenvalue weighted by atomic mass is 16.2. The quantitative estimate of drug-likeness (QED) is 0.840.